The van der Waals surface area contributed by atoms with Gasteiger partial charge in [-0.15, -0.1) is 11.8 Å². The third kappa shape index (κ3) is 8.22. The second kappa shape index (κ2) is 13.7. The molecule has 0 aromatic heterocycles. The number of ether oxygens (including phenoxy) is 1. The predicted molar refractivity (Wildman–Crippen MR) is 143 cm³/mol. The topological polar surface area (TPSA) is 90.9 Å². The number of hydrogen-bond acceptors (Lipinski definition) is 6. The molecule has 0 aromatic carbocycles. The molecule has 0 saturated heterocycles. The lowest BCUT2D eigenvalue weighted by Gasteiger charge is -2.43. The summed E-state index contributed by atoms with van der Waals surface area (Å²) in [4.78, 5) is 26.5. The van der Waals surface area contributed by atoms with E-state index in [9.17, 15) is 9.59 Å². The van der Waals surface area contributed by atoms with Crippen LogP contribution < -0.4 is 10.6 Å². The number of nitrogens with zero attached hydrogens (tertiary/aromatic N) is 1. The van der Waals surface area contributed by atoms with E-state index in [-0.39, 0.29) is 23.3 Å². The summed E-state index contributed by atoms with van der Waals surface area (Å²) in [6.07, 6.45) is 21.6. The van der Waals surface area contributed by atoms with E-state index in [0.29, 0.717) is 17.9 Å². The van der Waals surface area contributed by atoms with Crippen molar-refractivity contribution in [2.45, 2.75) is 81.8 Å². The van der Waals surface area contributed by atoms with Crippen molar-refractivity contribution in [3.8, 4) is 0 Å². The summed E-state index contributed by atoms with van der Waals surface area (Å²) in [7, 11) is 0. The van der Waals surface area contributed by atoms with Crippen LogP contribution in [0.5, 0.6) is 0 Å². The van der Waals surface area contributed by atoms with E-state index >= 15 is 0 Å². The maximum absolute atomic E-state index is 13.5. The van der Waals surface area contributed by atoms with Crippen molar-refractivity contribution < 1.29 is 19.4 Å². The van der Waals surface area contributed by atoms with Crippen molar-refractivity contribution in [1.82, 2.24) is 15.5 Å². The average molecular weight is 522 g/mol. The minimum absolute atomic E-state index is 0.0108. The van der Waals surface area contributed by atoms with E-state index in [1.807, 2.05) is 0 Å². The first-order chi connectivity index (χ1) is 17.1. The minimum Gasteiger partial charge on any atom is -0.481 e. The Labute approximate surface area is 217 Å². The van der Waals surface area contributed by atoms with Gasteiger partial charge >= 0.3 is 12.0 Å². The van der Waals surface area contributed by atoms with Crippen LogP contribution in [0.1, 0.15) is 64.2 Å². The first kappa shape index (κ1) is 26.5. The maximum atomic E-state index is 13.5. The standard InChI is InChI=1S/C26H39N3O4S2/c30-23(31)18-34-24-15-27-25(35-24)28-26(32)29(21-9-5-2-6-10-21)22-13-11-20(12-14-22)17-33-16-19-7-3-1-4-8-19/h1,3-4,7,15,19-22,25,27H,2,5-6,8-14,16-18H2,(H,28,32)(H,30,31). The first-order valence-electron chi connectivity index (χ1n) is 13.1. The number of hydrogen-bond donors (Lipinski definition) is 3. The SMILES string of the molecule is O=C(O)CSC1=CNC(NC(=O)N(C2CCCCC2)C2CCC(COCC3C=CC=CC3)CC2)S1. The van der Waals surface area contributed by atoms with Crippen LogP contribution in [0.3, 0.4) is 0 Å². The maximum Gasteiger partial charge on any atom is 0.320 e. The van der Waals surface area contributed by atoms with Gasteiger partial charge in [-0.05, 0) is 50.9 Å². The van der Waals surface area contributed by atoms with E-state index in [0.717, 1.165) is 62.4 Å². The summed E-state index contributed by atoms with van der Waals surface area (Å²) in [5.41, 5.74) is -0.252. The summed E-state index contributed by atoms with van der Waals surface area (Å²) in [6, 6.07) is 0.602. The Bertz CT molecular complexity index is 804. The van der Waals surface area contributed by atoms with Gasteiger partial charge in [0, 0.05) is 30.8 Å². The number of allylic oxidation sites excluding steroid dienone is 3. The lowest BCUT2D eigenvalue weighted by Crippen LogP contribution is -2.55. The van der Waals surface area contributed by atoms with E-state index < -0.39 is 5.97 Å². The number of carbonyl (C=O) groups excluding carboxylic acids is 1. The highest BCUT2D eigenvalue weighted by molar-refractivity contribution is 8.22. The van der Waals surface area contributed by atoms with E-state index in [4.69, 9.17) is 9.84 Å². The lowest BCUT2D eigenvalue weighted by atomic mass is 9.84. The average Bonchev–Trinajstić information content (AvgIpc) is 3.32. The fourth-order valence-corrected chi connectivity index (χ4v) is 7.33. The van der Waals surface area contributed by atoms with Crippen LogP contribution in [0.4, 0.5) is 4.79 Å². The van der Waals surface area contributed by atoms with Gasteiger partial charge in [0.05, 0.1) is 16.6 Å². The van der Waals surface area contributed by atoms with Crippen LogP contribution in [0.25, 0.3) is 0 Å². The molecule has 0 radical (unpaired) electrons. The molecule has 2 saturated carbocycles. The normalized spacial score (nSPS) is 28.9. The molecule has 35 heavy (non-hydrogen) atoms. The number of amides is 2. The molecule has 2 amide bonds. The van der Waals surface area contributed by atoms with Gasteiger partial charge in [0.2, 0.25) is 0 Å². The molecule has 0 aromatic rings. The van der Waals surface area contributed by atoms with Crippen LogP contribution in [0.15, 0.2) is 34.7 Å². The molecule has 2 atom stereocenters. The Kier molecular flexibility index (Phi) is 10.3. The minimum atomic E-state index is -0.837. The molecule has 1 aliphatic heterocycles. The molecule has 2 fully saturated rings. The highest BCUT2D eigenvalue weighted by Crippen LogP contribution is 2.35. The van der Waals surface area contributed by atoms with Crippen LogP contribution in [-0.4, -0.2) is 58.6 Å². The molecular formula is C26H39N3O4S2. The Balaban J connectivity index is 1.25. The second-order valence-corrected chi connectivity index (χ2v) is 12.4. The van der Waals surface area contributed by atoms with Gasteiger partial charge in [-0.3, -0.25) is 4.79 Å². The summed E-state index contributed by atoms with van der Waals surface area (Å²) >= 11 is 2.76. The number of urea groups is 1. The molecule has 3 N–H and O–H groups in total. The largest absolute Gasteiger partial charge is 0.481 e. The summed E-state index contributed by atoms with van der Waals surface area (Å²) in [6.45, 7) is 1.62. The van der Waals surface area contributed by atoms with Crippen LogP contribution in [-0.2, 0) is 9.53 Å². The number of thioether (sulfide) groups is 2. The molecule has 0 bridgehead atoms. The lowest BCUT2D eigenvalue weighted by molar-refractivity contribution is -0.133. The molecule has 0 spiro atoms. The summed E-state index contributed by atoms with van der Waals surface area (Å²) in [5.74, 6) is 0.269. The van der Waals surface area contributed by atoms with Crippen LogP contribution in [0, 0.1) is 11.8 Å². The van der Waals surface area contributed by atoms with Gasteiger partial charge in [0.15, 0.2) is 5.50 Å². The third-order valence-electron chi connectivity index (χ3n) is 7.35. The van der Waals surface area contributed by atoms with Crippen molar-refractivity contribution in [3.63, 3.8) is 0 Å². The van der Waals surface area contributed by atoms with Crippen LogP contribution in [0.2, 0.25) is 0 Å². The Morgan fingerprint density at radius 1 is 1.09 bits per heavy atom. The quantitative estimate of drug-likeness (QED) is 0.360. The van der Waals surface area contributed by atoms with Gasteiger partial charge in [0.25, 0.3) is 0 Å². The Morgan fingerprint density at radius 2 is 1.86 bits per heavy atom. The predicted octanol–water partition coefficient (Wildman–Crippen LogP) is 5.28. The van der Waals surface area contributed by atoms with Crippen molar-refractivity contribution in [3.05, 3.63) is 34.7 Å². The van der Waals surface area contributed by atoms with Gasteiger partial charge in [-0.1, -0.05) is 55.3 Å². The Hall–Kier alpha value is -1.58. The highest BCUT2D eigenvalue weighted by atomic mass is 32.2. The molecule has 2 unspecified atom stereocenters. The van der Waals surface area contributed by atoms with Gasteiger partial charge in [-0.25, -0.2) is 4.79 Å². The zero-order valence-electron chi connectivity index (χ0n) is 20.4. The number of carboxylic acid groups (broad SMARTS) is 1. The fraction of sp³-hybridized carbons (Fsp3) is 0.692. The number of carbonyl (C=O) groups is 2. The van der Waals surface area contributed by atoms with Gasteiger partial charge < -0.3 is 25.4 Å². The molecule has 4 aliphatic rings. The summed E-state index contributed by atoms with van der Waals surface area (Å²) < 4.78 is 6.96. The monoisotopic (exact) mass is 521 g/mol. The van der Waals surface area contributed by atoms with Crippen molar-refractivity contribution in [2.75, 3.05) is 19.0 Å². The Morgan fingerprint density at radius 3 is 2.57 bits per heavy atom. The highest BCUT2D eigenvalue weighted by Gasteiger charge is 2.35. The summed E-state index contributed by atoms with van der Waals surface area (Å²) in [5, 5.41) is 15.3. The van der Waals surface area contributed by atoms with Gasteiger partial charge in [-0.2, -0.15) is 0 Å². The molecule has 194 valence electrons. The number of nitrogens with one attached hydrogen (secondary N) is 2. The molecule has 9 heteroatoms. The fourth-order valence-electron chi connectivity index (χ4n) is 5.51. The molecule has 3 aliphatic carbocycles. The van der Waals surface area contributed by atoms with E-state index in [1.54, 1.807) is 6.20 Å². The molecule has 7 nitrogen and oxygen atoms in total. The molecular weight excluding hydrogens is 482 g/mol. The van der Waals surface area contributed by atoms with Crippen LogP contribution >= 0.6 is 23.5 Å². The molecule has 4 rings (SSSR count). The smallest absolute Gasteiger partial charge is 0.320 e. The van der Waals surface area contributed by atoms with Crippen molar-refractivity contribution >= 4 is 35.5 Å². The second-order valence-electron chi connectivity index (χ2n) is 9.98. The first-order valence-corrected chi connectivity index (χ1v) is 14.9. The van der Waals surface area contributed by atoms with Crippen molar-refractivity contribution in [2.24, 2.45) is 11.8 Å². The van der Waals surface area contributed by atoms with Gasteiger partial charge in [0.1, 0.15) is 0 Å². The number of rotatable bonds is 10. The van der Waals surface area contributed by atoms with Crippen molar-refractivity contribution in [1.29, 1.82) is 0 Å². The number of carboxylic acids is 1. The van der Waals surface area contributed by atoms with E-state index in [1.165, 1.54) is 42.8 Å². The van der Waals surface area contributed by atoms with E-state index in [2.05, 4.69) is 39.8 Å². The zero-order chi connectivity index (χ0) is 24.5. The molecule has 1 heterocycles. The third-order valence-corrected chi connectivity index (χ3v) is 9.62. The zero-order valence-corrected chi connectivity index (χ0v) is 22.0. The number of aliphatic carboxylic acids is 1.